The van der Waals surface area contributed by atoms with Gasteiger partial charge in [0, 0.05) is 24.8 Å². The zero-order valence-corrected chi connectivity index (χ0v) is 15.7. The van der Waals surface area contributed by atoms with E-state index < -0.39 is 0 Å². The molecule has 1 aliphatic heterocycles. The third-order valence-corrected chi connectivity index (χ3v) is 5.01. The zero-order chi connectivity index (χ0) is 19.0. The maximum absolute atomic E-state index is 12.5. The standard InChI is InChI=1S/C20H22N4O3/c1-12-9-18(27-22-12)20(25)24-8-7-15(11-24)10-16-5-4-6-17(21-16)19-13(2)23-26-14(19)3/h4-6,9,15H,7-8,10-11H2,1-3H3. The first kappa shape index (κ1) is 17.5. The number of amides is 1. The highest BCUT2D eigenvalue weighted by Gasteiger charge is 2.29. The van der Waals surface area contributed by atoms with Crippen LogP contribution in [0, 0.1) is 26.7 Å². The number of aromatic nitrogens is 3. The minimum Gasteiger partial charge on any atom is -0.361 e. The van der Waals surface area contributed by atoms with Gasteiger partial charge in [0.15, 0.2) is 0 Å². The van der Waals surface area contributed by atoms with Gasteiger partial charge in [-0.25, -0.2) is 0 Å². The van der Waals surface area contributed by atoms with Crippen LogP contribution in [0.15, 0.2) is 33.3 Å². The van der Waals surface area contributed by atoms with Crippen molar-refractivity contribution in [3.63, 3.8) is 0 Å². The Balaban J connectivity index is 1.45. The lowest BCUT2D eigenvalue weighted by molar-refractivity contribution is 0.0745. The fraction of sp³-hybridized carbons (Fsp3) is 0.400. The van der Waals surface area contributed by atoms with Crippen LogP contribution in [0.25, 0.3) is 11.3 Å². The summed E-state index contributed by atoms with van der Waals surface area (Å²) in [4.78, 5) is 19.1. The summed E-state index contributed by atoms with van der Waals surface area (Å²) in [6.07, 6.45) is 1.78. The highest BCUT2D eigenvalue weighted by molar-refractivity contribution is 5.91. The summed E-state index contributed by atoms with van der Waals surface area (Å²) in [6, 6.07) is 7.71. The number of hydrogen-bond donors (Lipinski definition) is 0. The first-order valence-corrected chi connectivity index (χ1v) is 9.13. The smallest absolute Gasteiger partial charge is 0.292 e. The van der Waals surface area contributed by atoms with Crippen LogP contribution in [0.3, 0.4) is 0 Å². The van der Waals surface area contributed by atoms with Crippen LogP contribution in [-0.4, -0.2) is 39.2 Å². The average molecular weight is 366 g/mol. The van der Waals surface area contributed by atoms with Crippen LogP contribution in [0.1, 0.15) is 39.8 Å². The van der Waals surface area contributed by atoms with Gasteiger partial charge in [-0.3, -0.25) is 9.78 Å². The second kappa shape index (κ2) is 6.98. The van der Waals surface area contributed by atoms with E-state index in [1.807, 2.05) is 43.9 Å². The predicted molar refractivity (Wildman–Crippen MR) is 98.2 cm³/mol. The second-order valence-electron chi connectivity index (χ2n) is 7.16. The second-order valence-corrected chi connectivity index (χ2v) is 7.16. The first-order chi connectivity index (χ1) is 13.0. The molecule has 7 heteroatoms. The first-order valence-electron chi connectivity index (χ1n) is 9.13. The number of pyridine rings is 1. The minimum absolute atomic E-state index is 0.0875. The number of carbonyl (C=O) groups excluding carboxylic acids is 1. The Morgan fingerprint density at radius 1 is 1.22 bits per heavy atom. The Kier molecular flexibility index (Phi) is 4.51. The Bertz CT molecular complexity index is 956. The molecule has 0 aromatic carbocycles. The average Bonchev–Trinajstić information content (AvgIpc) is 3.36. The van der Waals surface area contributed by atoms with E-state index in [0.29, 0.717) is 18.2 Å². The molecule has 0 bridgehead atoms. The van der Waals surface area contributed by atoms with Crippen LogP contribution >= 0.6 is 0 Å². The zero-order valence-electron chi connectivity index (χ0n) is 15.7. The molecule has 140 valence electrons. The lowest BCUT2D eigenvalue weighted by Crippen LogP contribution is -2.28. The van der Waals surface area contributed by atoms with Crippen LogP contribution in [-0.2, 0) is 6.42 Å². The van der Waals surface area contributed by atoms with Gasteiger partial charge >= 0.3 is 0 Å². The fourth-order valence-electron chi connectivity index (χ4n) is 3.68. The number of aryl methyl sites for hydroxylation is 3. The maximum atomic E-state index is 12.5. The molecule has 1 saturated heterocycles. The predicted octanol–water partition coefficient (Wildman–Crippen LogP) is 3.35. The maximum Gasteiger partial charge on any atom is 0.292 e. The van der Waals surface area contributed by atoms with Crippen LogP contribution < -0.4 is 0 Å². The van der Waals surface area contributed by atoms with Gasteiger partial charge in [0.25, 0.3) is 5.91 Å². The molecule has 0 saturated carbocycles. The molecular formula is C20H22N4O3. The van der Waals surface area contributed by atoms with Crippen molar-refractivity contribution >= 4 is 5.91 Å². The third kappa shape index (κ3) is 3.49. The van der Waals surface area contributed by atoms with Crippen molar-refractivity contribution in [1.29, 1.82) is 0 Å². The van der Waals surface area contributed by atoms with E-state index in [-0.39, 0.29) is 5.91 Å². The van der Waals surface area contributed by atoms with Gasteiger partial charge < -0.3 is 13.9 Å². The van der Waals surface area contributed by atoms with Crippen molar-refractivity contribution in [2.75, 3.05) is 13.1 Å². The molecule has 0 aliphatic carbocycles. The summed E-state index contributed by atoms with van der Waals surface area (Å²) in [5.74, 6) is 1.38. The summed E-state index contributed by atoms with van der Waals surface area (Å²) in [5, 5.41) is 7.81. The van der Waals surface area contributed by atoms with E-state index in [4.69, 9.17) is 14.0 Å². The molecule has 4 rings (SSSR count). The summed E-state index contributed by atoms with van der Waals surface area (Å²) >= 11 is 0. The van der Waals surface area contributed by atoms with E-state index in [1.165, 1.54) is 0 Å². The SMILES string of the molecule is Cc1cc(C(=O)N2CCC(Cc3cccc(-c4c(C)noc4C)n3)C2)on1. The molecule has 3 aromatic heterocycles. The van der Waals surface area contributed by atoms with Crippen LogP contribution in [0.2, 0.25) is 0 Å². The Hall–Kier alpha value is -2.96. The topological polar surface area (TPSA) is 85.3 Å². The summed E-state index contributed by atoms with van der Waals surface area (Å²) in [5.41, 5.74) is 4.42. The summed E-state index contributed by atoms with van der Waals surface area (Å²) in [7, 11) is 0. The molecule has 0 radical (unpaired) electrons. The number of hydrogen-bond acceptors (Lipinski definition) is 6. The molecule has 1 atom stereocenters. The molecule has 0 spiro atoms. The summed E-state index contributed by atoms with van der Waals surface area (Å²) in [6.45, 7) is 7.06. The molecule has 1 unspecified atom stereocenters. The fourth-order valence-corrected chi connectivity index (χ4v) is 3.68. The van der Waals surface area contributed by atoms with Gasteiger partial charge in [-0.2, -0.15) is 0 Å². The lowest BCUT2D eigenvalue weighted by atomic mass is 10.0. The lowest BCUT2D eigenvalue weighted by Gasteiger charge is -2.14. The van der Waals surface area contributed by atoms with E-state index in [9.17, 15) is 4.79 Å². The molecule has 0 N–H and O–H groups in total. The highest BCUT2D eigenvalue weighted by atomic mass is 16.5. The highest BCUT2D eigenvalue weighted by Crippen LogP contribution is 2.27. The number of rotatable bonds is 4. The normalized spacial score (nSPS) is 16.9. The van der Waals surface area contributed by atoms with Gasteiger partial charge in [0.1, 0.15) is 5.76 Å². The molecular weight excluding hydrogens is 344 g/mol. The molecule has 4 heterocycles. The number of likely N-dealkylation sites (tertiary alicyclic amines) is 1. The van der Waals surface area contributed by atoms with Crippen molar-refractivity contribution < 1.29 is 13.8 Å². The van der Waals surface area contributed by atoms with Gasteiger partial charge in [-0.15, -0.1) is 0 Å². The minimum atomic E-state index is -0.0875. The molecule has 7 nitrogen and oxygen atoms in total. The van der Waals surface area contributed by atoms with Gasteiger partial charge in [0.05, 0.1) is 22.6 Å². The Labute approximate surface area is 157 Å². The van der Waals surface area contributed by atoms with Crippen LogP contribution in [0.5, 0.6) is 0 Å². The van der Waals surface area contributed by atoms with E-state index in [1.54, 1.807) is 6.07 Å². The van der Waals surface area contributed by atoms with Gasteiger partial charge in [0.2, 0.25) is 5.76 Å². The van der Waals surface area contributed by atoms with Crippen molar-refractivity contribution in [1.82, 2.24) is 20.2 Å². The molecule has 1 amide bonds. The third-order valence-electron chi connectivity index (χ3n) is 5.01. The largest absolute Gasteiger partial charge is 0.361 e. The van der Waals surface area contributed by atoms with E-state index in [2.05, 4.69) is 10.3 Å². The Morgan fingerprint density at radius 2 is 2.07 bits per heavy atom. The van der Waals surface area contributed by atoms with Gasteiger partial charge in [-0.1, -0.05) is 16.4 Å². The molecule has 1 fully saturated rings. The van der Waals surface area contributed by atoms with Crippen molar-refractivity contribution in [3.05, 3.63) is 52.9 Å². The van der Waals surface area contributed by atoms with E-state index in [0.717, 1.165) is 53.5 Å². The number of nitrogens with zero attached hydrogens (tertiary/aromatic N) is 4. The molecule has 27 heavy (non-hydrogen) atoms. The quantitative estimate of drug-likeness (QED) is 0.704. The summed E-state index contributed by atoms with van der Waals surface area (Å²) < 4.78 is 10.4. The van der Waals surface area contributed by atoms with E-state index >= 15 is 0 Å². The molecule has 1 aliphatic rings. The van der Waals surface area contributed by atoms with Crippen molar-refractivity contribution in [2.45, 2.75) is 33.6 Å². The van der Waals surface area contributed by atoms with Crippen molar-refractivity contribution in [2.24, 2.45) is 5.92 Å². The monoisotopic (exact) mass is 366 g/mol. The van der Waals surface area contributed by atoms with Gasteiger partial charge in [-0.05, 0) is 51.7 Å². The Morgan fingerprint density at radius 3 is 2.78 bits per heavy atom. The molecule has 3 aromatic rings. The van der Waals surface area contributed by atoms with Crippen LogP contribution in [0.4, 0.5) is 0 Å². The number of carbonyl (C=O) groups is 1. The van der Waals surface area contributed by atoms with Crippen molar-refractivity contribution in [3.8, 4) is 11.3 Å².